The van der Waals surface area contributed by atoms with Gasteiger partial charge in [-0.3, -0.25) is 0 Å². The van der Waals surface area contributed by atoms with Gasteiger partial charge in [-0.2, -0.15) is 0 Å². The van der Waals surface area contributed by atoms with Gasteiger partial charge in [-0.1, -0.05) is 30.3 Å². The molecule has 1 N–H and O–H groups in total. The molecule has 0 fully saturated rings. The summed E-state index contributed by atoms with van der Waals surface area (Å²) in [4.78, 5) is 10.6. The highest BCUT2D eigenvalue weighted by Gasteiger charge is 2.09. The van der Waals surface area contributed by atoms with Gasteiger partial charge in [0.25, 0.3) is 0 Å². The summed E-state index contributed by atoms with van der Waals surface area (Å²) in [5, 5.41) is 8.70. The van der Waals surface area contributed by atoms with Gasteiger partial charge in [0.05, 0.1) is 5.56 Å². The minimum atomic E-state index is -1.13. The molecule has 1 radical (unpaired) electrons. The summed E-state index contributed by atoms with van der Waals surface area (Å²) in [6, 6.07) is 13.5. The Kier molecular flexibility index (Phi) is 2.68. The molecule has 2 rings (SSSR count). The number of benzene rings is 2. The molecule has 3 heteroatoms. The normalized spacial score (nSPS) is 10.1. The molecule has 2 aromatic rings. The maximum absolute atomic E-state index is 13.6. The summed E-state index contributed by atoms with van der Waals surface area (Å²) in [6.07, 6.45) is 0. The lowest BCUT2D eigenvalue weighted by Gasteiger charge is -2.03. The second kappa shape index (κ2) is 4.14. The van der Waals surface area contributed by atoms with Crippen LogP contribution in [-0.2, 0) is 0 Å². The Hall–Kier alpha value is -2.16. The number of hydrogen-bond acceptors (Lipinski definition) is 1. The molecular formula is C13H8FO2. The number of halogens is 1. The molecular weight excluding hydrogens is 207 g/mol. The molecule has 0 amide bonds. The number of carbonyl (C=O) groups is 1. The highest BCUT2D eigenvalue weighted by molar-refractivity contribution is 5.88. The number of aromatic carboxylic acids is 1. The average Bonchev–Trinajstić information content (AvgIpc) is 2.30. The molecule has 16 heavy (non-hydrogen) atoms. The molecule has 0 spiro atoms. The molecule has 0 saturated carbocycles. The van der Waals surface area contributed by atoms with Crippen LogP contribution < -0.4 is 0 Å². The third kappa shape index (κ3) is 1.93. The van der Waals surface area contributed by atoms with Crippen molar-refractivity contribution in [1.82, 2.24) is 0 Å². The number of rotatable bonds is 2. The van der Waals surface area contributed by atoms with Gasteiger partial charge in [0.1, 0.15) is 5.82 Å². The van der Waals surface area contributed by atoms with Crippen LogP contribution in [0, 0.1) is 11.9 Å². The summed E-state index contributed by atoms with van der Waals surface area (Å²) < 4.78 is 13.6. The summed E-state index contributed by atoms with van der Waals surface area (Å²) in [6.45, 7) is 0. The first-order chi connectivity index (χ1) is 7.68. The third-order valence-electron chi connectivity index (χ3n) is 2.25. The van der Waals surface area contributed by atoms with Crippen molar-refractivity contribution in [2.45, 2.75) is 0 Å². The lowest BCUT2D eigenvalue weighted by atomic mass is 10.0. The number of carboxylic acids is 1. The van der Waals surface area contributed by atoms with Crippen LogP contribution in [0.3, 0.4) is 0 Å². The van der Waals surface area contributed by atoms with Crippen molar-refractivity contribution in [1.29, 1.82) is 0 Å². The van der Waals surface area contributed by atoms with E-state index in [1.807, 2.05) is 0 Å². The van der Waals surface area contributed by atoms with Gasteiger partial charge < -0.3 is 5.11 Å². The fourth-order valence-corrected chi connectivity index (χ4v) is 1.45. The first-order valence-electron chi connectivity index (χ1n) is 4.68. The van der Waals surface area contributed by atoms with Crippen LogP contribution in [0.15, 0.2) is 42.5 Å². The number of hydrogen-bond donors (Lipinski definition) is 1. The van der Waals surface area contributed by atoms with Crippen LogP contribution in [0.25, 0.3) is 11.1 Å². The molecule has 2 nitrogen and oxygen atoms in total. The Bertz CT molecular complexity index is 521. The Morgan fingerprint density at radius 2 is 1.88 bits per heavy atom. The van der Waals surface area contributed by atoms with Crippen molar-refractivity contribution in [3.8, 4) is 11.1 Å². The smallest absolute Gasteiger partial charge is 0.335 e. The third-order valence-corrected chi connectivity index (χ3v) is 2.25. The van der Waals surface area contributed by atoms with Crippen LogP contribution >= 0.6 is 0 Å². The summed E-state index contributed by atoms with van der Waals surface area (Å²) in [7, 11) is 0. The van der Waals surface area contributed by atoms with Gasteiger partial charge in [0, 0.05) is 5.56 Å². The minimum absolute atomic E-state index is 0.0521. The van der Waals surface area contributed by atoms with Crippen LogP contribution in [0.1, 0.15) is 10.4 Å². The van der Waals surface area contributed by atoms with Gasteiger partial charge in [0.2, 0.25) is 0 Å². The lowest BCUT2D eigenvalue weighted by molar-refractivity contribution is 0.0696. The van der Waals surface area contributed by atoms with E-state index in [0.29, 0.717) is 11.1 Å². The van der Waals surface area contributed by atoms with E-state index in [4.69, 9.17) is 5.11 Å². The molecule has 2 aromatic carbocycles. The maximum Gasteiger partial charge on any atom is 0.335 e. The quantitative estimate of drug-likeness (QED) is 0.836. The van der Waals surface area contributed by atoms with Crippen LogP contribution in [-0.4, -0.2) is 11.1 Å². The summed E-state index contributed by atoms with van der Waals surface area (Å²) >= 11 is 0. The van der Waals surface area contributed by atoms with Crippen LogP contribution in [0.2, 0.25) is 0 Å². The zero-order chi connectivity index (χ0) is 11.5. The highest BCUT2D eigenvalue weighted by atomic mass is 19.1. The molecule has 0 atom stereocenters. The van der Waals surface area contributed by atoms with E-state index in [1.54, 1.807) is 24.3 Å². The van der Waals surface area contributed by atoms with Gasteiger partial charge >= 0.3 is 5.97 Å². The van der Waals surface area contributed by atoms with E-state index in [-0.39, 0.29) is 5.56 Å². The molecule has 0 saturated heterocycles. The van der Waals surface area contributed by atoms with Crippen LogP contribution in [0.5, 0.6) is 0 Å². The van der Waals surface area contributed by atoms with E-state index in [2.05, 4.69) is 6.07 Å². The Morgan fingerprint density at radius 1 is 1.19 bits per heavy atom. The Labute approximate surface area is 92.0 Å². The van der Waals surface area contributed by atoms with E-state index in [0.717, 1.165) is 6.07 Å². The zero-order valence-corrected chi connectivity index (χ0v) is 8.27. The van der Waals surface area contributed by atoms with E-state index in [9.17, 15) is 9.18 Å². The van der Waals surface area contributed by atoms with Gasteiger partial charge in [-0.05, 0) is 23.8 Å². The molecule has 0 aliphatic carbocycles. The van der Waals surface area contributed by atoms with Crippen molar-refractivity contribution in [3.05, 3.63) is 59.9 Å². The monoisotopic (exact) mass is 215 g/mol. The Balaban J connectivity index is 2.48. The molecule has 0 aliphatic rings. The van der Waals surface area contributed by atoms with Gasteiger partial charge in [0.15, 0.2) is 0 Å². The fraction of sp³-hybridized carbons (Fsp3) is 0. The van der Waals surface area contributed by atoms with Crippen molar-refractivity contribution in [2.24, 2.45) is 0 Å². The standard InChI is InChI=1S/C13H8FO2/c14-12-8-10(13(15)16)6-7-11(12)9-4-2-1-3-5-9/h2-8H,(H,15,16). The fourth-order valence-electron chi connectivity index (χ4n) is 1.45. The van der Waals surface area contributed by atoms with Crippen molar-refractivity contribution < 1.29 is 14.3 Å². The molecule has 0 unspecified atom stereocenters. The molecule has 0 aliphatic heterocycles. The highest BCUT2D eigenvalue weighted by Crippen LogP contribution is 2.23. The molecule has 0 aromatic heterocycles. The second-order valence-corrected chi connectivity index (χ2v) is 3.29. The van der Waals surface area contributed by atoms with Gasteiger partial charge in [-0.25, -0.2) is 9.18 Å². The minimum Gasteiger partial charge on any atom is -0.478 e. The SMILES string of the molecule is O=C(O)c1ccc(-c2cc[c]cc2)c(F)c1. The predicted molar refractivity (Wildman–Crippen MR) is 57.6 cm³/mol. The van der Waals surface area contributed by atoms with E-state index < -0.39 is 11.8 Å². The second-order valence-electron chi connectivity index (χ2n) is 3.29. The van der Waals surface area contributed by atoms with E-state index >= 15 is 0 Å². The molecule has 79 valence electrons. The summed E-state index contributed by atoms with van der Waals surface area (Å²) in [5.74, 6) is -1.67. The topological polar surface area (TPSA) is 37.3 Å². The average molecular weight is 215 g/mol. The first kappa shape index (κ1) is 10.4. The first-order valence-corrected chi connectivity index (χ1v) is 4.68. The Morgan fingerprint density at radius 3 is 2.44 bits per heavy atom. The molecule has 0 heterocycles. The zero-order valence-electron chi connectivity index (χ0n) is 8.27. The van der Waals surface area contributed by atoms with E-state index in [1.165, 1.54) is 12.1 Å². The van der Waals surface area contributed by atoms with Crippen molar-refractivity contribution >= 4 is 5.97 Å². The van der Waals surface area contributed by atoms with Gasteiger partial charge in [-0.15, -0.1) is 0 Å². The lowest BCUT2D eigenvalue weighted by Crippen LogP contribution is -1.97. The van der Waals surface area contributed by atoms with Crippen LogP contribution in [0.4, 0.5) is 4.39 Å². The largest absolute Gasteiger partial charge is 0.478 e. The maximum atomic E-state index is 13.6. The predicted octanol–water partition coefficient (Wildman–Crippen LogP) is 2.99. The number of carboxylic acid groups (broad SMARTS) is 1. The van der Waals surface area contributed by atoms with Crippen molar-refractivity contribution in [3.63, 3.8) is 0 Å². The molecule has 0 bridgehead atoms. The van der Waals surface area contributed by atoms with Crippen molar-refractivity contribution in [2.75, 3.05) is 0 Å². The summed E-state index contributed by atoms with van der Waals surface area (Å²) in [5.41, 5.74) is 1.04.